The molecule has 0 aliphatic heterocycles. The lowest BCUT2D eigenvalue weighted by Gasteiger charge is -2.12. The molecule has 0 saturated heterocycles. The van der Waals surface area contributed by atoms with Crippen LogP contribution < -0.4 is 5.32 Å². The highest BCUT2D eigenvalue weighted by atomic mass is 35.5. The van der Waals surface area contributed by atoms with E-state index in [1.54, 1.807) is 0 Å². The molecule has 0 atom stereocenters. The van der Waals surface area contributed by atoms with Gasteiger partial charge in [0.05, 0.1) is 11.7 Å². The normalized spacial score (nSPS) is 11.4. The summed E-state index contributed by atoms with van der Waals surface area (Å²) in [7, 11) is 0. The topological polar surface area (TPSA) is 29.9 Å². The Balaban J connectivity index is 2.16. The molecule has 110 valence electrons. The monoisotopic (exact) mass is 285 g/mol. The van der Waals surface area contributed by atoms with Gasteiger partial charge in [-0.3, -0.25) is 4.68 Å². The molecule has 3 nitrogen and oxygen atoms in total. The minimum absolute atomic E-state index is 0.546. The smallest absolute Gasteiger partial charge is 0.0762 e. The average molecular weight is 286 g/mol. The van der Waals surface area contributed by atoms with Gasteiger partial charge in [-0.1, -0.05) is 26.7 Å². The molecule has 1 aromatic heterocycles. The van der Waals surface area contributed by atoms with Gasteiger partial charge >= 0.3 is 0 Å². The van der Waals surface area contributed by atoms with Crippen LogP contribution in [-0.4, -0.2) is 22.2 Å². The Morgan fingerprint density at radius 1 is 1.21 bits per heavy atom. The highest BCUT2D eigenvalue weighted by Gasteiger charge is 2.07. The fourth-order valence-electron chi connectivity index (χ4n) is 2.25. The highest BCUT2D eigenvalue weighted by molar-refractivity contribution is 6.17. The van der Waals surface area contributed by atoms with E-state index in [-0.39, 0.29) is 0 Å². The Morgan fingerprint density at radius 2 is 1.95 bits per heavy atom. The zero-order valence-electron chi connectivity index (χ0n) is 12.4. The fraction of sp³-hybridized carbons (Fsp3) is 0.800. The number of aromatic nitrogens is 2. The quantitative estimate of drug-likeness (QED) is 0.489. The third-order valence-electron chi connectivity index (χ3n) is 3.52. The van der Waals surface area contributed by atoms with Crippen LogP contribution in [0.5, 0.6) is 0 Å². The molecular formula is C15H28ClN3. The van der Waals surface area contributed by atoms with Crippen molar-refractivity contribution in [2.75, 3.05) is 12.4 Å². The van der Waals surface area contributed by atoms with Crippen molar-refractivity contribution < 1.29 is 0 Å². The second-order valence-corrected chi connectivity index (χ2v) is 5.42. The van der Waals surface area contributed by atoms with Crippen LogP contribution in [0.1, 0.15) is 64.1 Å². The van der Waals surface area contributed by atoms with Gasteiger partial charge in [-0.25, -0.2) is 0 Å². The van der Waals surface area contributed by atoms with E-state index in [1.807, 2.05) is 0 Å². The lowest BCUT2D eigenvalue weighted by molar-refractivity contribution is 0.424. The molecule has 4 heteroatoms. The van der Waals surface area contributed by atoms with E-state index in [1.165, 1.54) is 19.3 Å². The fourth-order valence-corrected chi connectivity index (χ4v) is 2.44. The van der Waals surface area contributed by atoms with Crippen LogP contribution in [-0.2, 0) is 6.54 Å². The number of nitrogens with zero attached hydrogens (tertiary/aromatic N) is 2. The number of alkyl halides is 1. The van der Waals surface area contributed by atoms with E-state index >= 15 is 0 Å². The maximum Gasteiger partial charge on any atom is 0.0762 e. The molecule has 1 aromatic rings. The first-order valence-corrected chi connectivity index (χ1v) is 8.16. The van der Waals surface area contributed by atoms with Gasteiger partial charge in [-0.05, 0) is 38.3 Å². The largest absolute Gasteiger partial charge is 0.311 e. The van der Waals surface area contributed by atoms with Crippen molar-refractivity contribution in [2.24, 2.45) is 0 Å². The standard InChI is InChI=1S/C15H28ClN3/c1-3-15(4-2)19-12-9-14(18-19)13-17-11-8-6-5-7-10-16/h9,12,15,17H,3-8,10-11,13H2,1-2H3. The van der Waals surface area contributed by atoms with Gasteiger partial charge in [-0.15, -0.1) is 11.6 Å². The zero-order valence-corrected chi connectivity index (χ0v) is 13.1. The summed E-state index contributed by atoms with van der Waals surface area (Å²) in [6, 6.07) is 2.67. The first-order valence-electron chi connectivity index (χ1n) is 7.62. The second-order valence-electron chi connectivity index (χ2n) is 5.04. The van der Waals surface area contributed by atoms with Gasteiger partial charge < -0.3 is 5.32 Å². The van der Waals surface area contributed by atoms with E-state index < -0.39 is 0 Å². The summed E-state index contributed by atoms with van der Waals surface area (Å²) in [5.74, 6) is 0.793. The zero-order chi connectivity index (χ0) is 13.9. The van der Waals surface area contributed by atoms with Crippen molar-refractivity contribution in [1.82, 2.24) is 15.1 Å². The van der Waals surface area contributed by atoms with Crippen LogP contribution in [0.2, 0.25) is 0 Å². The van der Waals surface area contributed by atoms with Crippen molar-refractivity contribution in [3.05, 3.63) is 18.0 Å². The summed E-state index contributed by atoms with van der Waals surface area (Å²) in [6.45, 7) is 6.38. The second kappa shape index (κ2) is 10.3. The number of unbranched alkanes of at least 4 members (excludes halogenated alkanes) is 3. The summed E-state index contributed by atoms with van der Waals surface area (Å²) in [6.07, 6.45) is 9.27. The molecule has 19 heavy (non-hydrogen) atoms. The number of hydrogen-bond acceptors (Lipinski definition) is 2. The molecule has 0 spiro atoms. The minimum atomic E-state index is 0.546. The van der Waals surface area contributed by atoms with Gasteiger partial charge in [-0.2, -0.15) is 5.10 Å². The van der Waals surface area contributed by atoms with E-state index in [0.717, 1.165) is 43.9 Å². The number of halogens is 1. The van der Waals surface area contributed by atoms with Crippen LogP contribution in [0.15, 0.2) is 12.3 Å². The lowest BCUT2D eigenvalue weighted by Crippen LogP contribution is -2.16. The average Bonchev–Trinajstić information content (AvgIpc) is 2.88. The Labute approximate surface area is 122 Å². The summed E-state index contributed by atoms with van der Waals surface area (Å²) < 4.78 is 2.11. The van der Waals surface area contributed by atoms with E-state index in [0.29, 0.717) is 6.04 Å². The van der Waals surface area contributed by atoms with Crippen LogP contribution >= 0.6 is 11.6 Å². The first kappa shape index (κ1) is 16.5. The van der Waals surface area contributed by atoms with Crippen LogP contribution in [0.3, 0.4) is 0 Å². The Kier molecular flexibility index (Phi) is 8.93. The predicted octanol–water partition coefficient (Wildman–Crippen LogP) is 4.13. The Hall–Kier alpha value is -0.540. The molecule has 0 bridgehead atoms. The number of nitrogens with one attached hydrogen (secondary N) is 1. The van der Waals surface area contributed by atoms with Crippen LogP contribution in [0.4, 0.5) is 0 Å². The third-order valence-corrected chi connectivity index (χ3v) is 3.79. The maximum absolute atomic E-state index is 5.65. The summed E-state index contributed by atoms with van der Waals surface area (Å²) in [5.41, 5.74) is 1.15. The van der Waals surface area contributed by atoms with Crippen molar-refractivity contribution in [1.29, 1.82) is 0 Å². The van der Waals surface area contributed by atoms with E-state index in [4.69, 9.17) is 11.6 Å². The minimum Gasteiger partial charge on any atom is -0.311 e. The van der Waals surface area contributed by atoms with Crippen LogP contribution in [0, 0.1) is 0 Å². The van der Waals surface area contributed by atoms with Crippen molar-refractivity contribution in [2.45, 2.75) is 65.0 Å². The van der Waals surface area contributed by atoms with Crippen molar-refractivity contribution in [3.8, 4) is 0 Å². The molecule has 1 rings (SSSR count). The lowest BCUT2D eigenvalue weighted by atomic mass is 10.2. The summed E-state index contributed by atoms with van der Waals surface area (Å²) in [5, 5.41) is 8.09. The van der Waals surface area contributed by atoms with Crippen molar-refractivity contribution >= 4 is 11.6 Å². The molecule has 0 fully saturated rings. The van der Waals surface area contributed by atoms with Crippen molar-refractivity contribution in [3.63, 3.8) is 0 Å². The number of rotatable bonds is 11. The molecule has 0 aliphatic rings. The molecule has 0 amide bonds. The van der Waals surface area contributed by atoms with Gasteiger partial charge in [0.25, 0.3) is 0 Å². The highest BCUT2D eigenvalue weighted by Crippen LogP contribution is 2.14. The van der Waals surface area contributed by atoms with Gasteiger partial charge in [0, 0.05) is 18.6 Å². The molecule has 1 N–H and O–H groups in total. The molecule has 0 radical (unpaired) electrons. The Morgan fingerprint density at radius 3 is 2.63 bits per heavy atom. The molecule has 0 saturated carbocycles. The van der Waals surface area contributed by atoms with E-state index in [2.05, 4.69) is 41.2 Å². The van der Waals surface area contributed by atoms with E-state index in [9.17, 15) is 0 Å². The molecular weight excluding hydrogens is 258 g/mol. The van der Waals surface area contributed by atoms with Gasteiger partial charge in [0.15, 0.2) is 0 Å². The maximum atomic E-state index is 5.65. The first-order chi connectivity index (χ1) is 9.31. The number of hydrogen-bond donors (Lipinski definition) is 1. The summed E-state index contributed by atoms with van der Waals surface area (Å²) in [4.78, 5) is 0. The van der Waals surface area contributed by atoms with Gasteiger partial charge in [0.2, 0.25) is 0 Å². The molecule has 0 aliphatic carbocycles. The molecule has 0 unspecified atom stereocenters. The van der Waals surface area contributed by atoms with Gasteiger partial charge in [0.1, 0.15) is 0 Å². The molecule has 1 heterocycles. The summed E-state index contributed by atoms with van der Waals surface area (Å²) >= 11 is 5.65. The third kappa shape index (κ3) is 6.44. The SMILES string of the molecule is CCC(CC)n1ccc(CNCCCCCCCl)n1. The van der Waals surface area contributed by atoms with Crippen LogP contribution in [0.25, 0.3) is 0 Å². The molecule has 0 aromatic carbocycles. The predicted molar refractivity (Wildman–Crippen MR) is 82.7 cm³/mol. The Bertz CT molecular complexity index is 321.